The van der Waals surface area contributed by atoms with Gasteiger partial charge in [0.05, 0.1) is 11.1 Å². The number of nitrogens with one attached hydrogen (secondary N) is 1. The summed E-state index contributed by atoms with van der Waals surface area (Å²) in [7, 11) is 1.70. The molecule has 0 aromatic heterocycles. The molecule has 2 rings (SSSR count). The largest absolute Gasteiger partial charge is 0.456 e. The fraction of sp³-hybridized carbons (Fsp3) is 0.536. The van der Waals surface area contributed by atoms with Gasteiger partial charge in [0.15, 0.2) is 5.75 Å². The average molecular weight is 534 g/mol. The van der Waals surface area contributed by atoms with Gasteiger partial charge >= 0.3 is 12.4 Å². The van der Waals surface area contributed by atoms with Crippen molar-refractivity contribution in [1.82, 2.24) is 0 Å². The number of halogens is 6. The number of unbranched alkanes of at least 4 members (excludes halogenated alkanes) is 1. The topological polar surface area (TPSA) is 38.3 Å². The van der Waals surface area contributed by atoms with E-state index in [9.17, 15) is 31.1 Å². The molecule has 1 N–H and O–H groups in total. The van der Waals surface area contributed by atoms with Gasteiger partial charge in [0.1, 0.15) is 12.0 Å². The number of aldehydes is 1. The molecule has 0 fully saturated rings. The van der Waals surface area contributed by atoms with E-state index in [4.69, 9.17) is 4.74 Å². The first-order valence-corrected chi connectivity index (χ1v) is 12.6. The van der Waals surface area contributed by atoms with E-state index in [2.05, 4.69) is 19.2 Å². The van der Waals surface area contributed by atoms with Crippen molar-refractivity contribution in [3.05, 3.63) is 52.6 Å². The molecule has 0 saturated heterocycles. The number of hydrogen-bond acceptors (Lipinski definition) is 3. The van der Waals surface area contributed by atoms with Gasteiger partial charge in [-0.05, 0) is 54.2 Å². The number of benzene rings is 2. The van der Waals surface area contributed by atoms with E-state index < -0.39 is 34.8 Å². The van der Waals surface area contributed by atoms with Crippen molar-refractivity contribution >= 4 is 12.0 Å². The maximum Gasteiger partial charge on any atom is 0.420 e. The Balaban J connectivity index is 0.00000334. The first-order chi connectivity index (χ1) is 17.3. The summed E-state index contributed by atoms with van der Waals surface area (Å²) in [6.07, 6.45) is -5.38. The summed E-state index contributed by atoms with van der Waals surface area (Å²) in [5.41, 5.74) is -2.60. The van der Waals surface area contributed by atoms with E-state index in [0.29, 0.717) is 18.1 Å². The van der Waals surface area contributed by atoms with E-state index >= 15 is 0 Å². The molecule has 0 radical (unpaired) electrons. The zero-order chi connectivity index (χ0) is 28.4. The van der Waals surface area contributed by atoms with Gasteiger partial charge in [0.25, 0.3) is 0 Å². The van der Waals surface area contributed by atoms with Crippen molar-refractivity contribution in [1.29, 1.82) is 0 Å². The molecular formula is C28H37F6NO2. The molecule has 2 aromatic carbocycles. The van der Waals surface area contributed by atoms with Crippen LogP contribution in [0.2, 0.25) is 0 Å². The van der Waals surface area contributed by atoms with Crippen LogP contribution in [-0.2, 0) is 12.4 Å². The minimum Gasteiger partial charge on any atom is -0.456 e. The summed E-state index contributed by atoms with van der Waals surface area (Å²) in [6, 6.07) is 5.11. The number of hydrogen-bond donors (Lipinski definition) is 1. The molecule has 0 saturated carbocycles. The summed E-state index contributed by atoms with van der Waals surface area (Å²) in [4.78, 5) is 11.0. The summed E-state index contributed by atoms with van der Waals surface area (Å²) in [5.74, 6) is -1.09. The second-order valence-corrected chi connectivity index (χ2v) is 8.71. The maximum absolute atomic E-state index is 13.7. The van der Waals surface area contributed by atoms with Crippen LogP contribution in [0.1, 0.15) is 99.7 Å². The maximum atomic E-state index is 13.7. The smallest absolute Gasteiger partial charge is 0.420 e. The van der Waals surface area contributed by atoms with E-state index in [0.717, 1.165) is 43.4 Å². The minimum absolute atomic E-state index is 0.00980. The van der Waals surface area contributed by atoms with Crippen molar-refractivity contribution in [2.75, 3.05) is 12.4 Å². The molecule has 2 atom stereocenters. The third kappa shape index (κ3) is 8.97. The van der Waals surface area contributed by atoms with Crippen LogP contribution in [0.3, 0.4) is 0 Å². The number of rotatable bonds is 11. The Morgan fingerprint density at radius 2 is 1.54 bits per heavy atom. The predicted molar refractivity (Wildman–Crippen MR) is 136 cm³/mol. The van der Waals surface area contributed by atoms with E-state index in [1.165, 1.54) is 12.1 Å². The Kier molecular flexibility index (Phi) is 12.5. The monoisotopic (exact) mass is 533 g/mol. The highest BCUT2D eigenvalue weighted by molar-refractivity contribution is 5.77. The lowest BCUT2D eigenvalue weighted by Gasteiger charge is -2.24. The van der Waals surface area contributed by atoms with Gasteiger partial charge < -0.3 is 10.1 Å². The van der Waals surface area contributed by atoms with Crippen molar-refractivity contribution in [3.63, 3.8) is 0 Å². The fourth-order valence-corrected chi connectivity index (χ4v) is 4.22. The van der Waals surface area contributed by atoms with Gasteiger partial charge in [-0.2, -0.15) is 26.3 Å². The molecule has 0 heterocycles. The second kappa shape index (κ2) is 14.3. The molecule has 2 aromatic rings. The molecule has 0 aliphatic carbocycles. The molecule has 208 valence electrons. The van der Waals surface area contributed by atoms with Crippen LogP contribution in [-0.4, -0.2) is 13.3 Å². The number of carbonyl (C=O) groups excluding carboxylic acids is 1. The Morgan fingerprint density at radius 3 is 1.97 bits per heavy atom. The predicted octanol–water partition coefficient (Wildman–Crippen LogP) is 10.1. The summed E-state index contributed by atoms with van der Waals surface area (Å²) in [5, 5.41) is 3.03. The van der Waals surface area contributed by atoms with Crippen molar-refractivity contribution in [2.24, 2.45) is 5.92 Å². The lowest BCUT2D eigenvalue weighted by atomic mass is 9.85. The highest BCUT2D eigenvalue weighted by atomic mass is 19.4. The normalized spacial score (nSPS) is 13.3. The third-order valence-electron chi connectivity index (χ3n) is 6.13. The first kappa shape index (κ1) is 32.3. The minimum atomic E-state index is -5.16. The zero-order valence-corrected chi connectivity index (χ0v) is 22.2. The van der Waals surface area contributed by atoms with Gasteiger partial charge in [0, 0.05) is 18.3 Å². The van der Waals surface area contributed by atoms with Crippen molar-refractivity contribution < 1.29 is 35.9 Å². The van der Waals surface area contributed by atoms with Crippen molar-refractivity contribution in [3.8, 4) is 11.5 Å². The zero-order valence-electron chi connectivity index (χ0n) is 22.2. The first-order valence-electron chi connectivity index (χ1n) is 12.6. The number of carbonyl (C=O) groups is 1. The number of ether oxygens (including phenoxy) is 1. The molecule has 0 aliphatic heterocycles. The Morgan fingerprint density at radius 1 is 0.973 bits per heavy atom. The standard InChI is InChI=1S/C26H31F6NO2.C2H6/c1-5-7-8-17(6-2)11-16(3)20-14-19(9-10-23(20)33-4)35-24-21(25(27,28)29)12-18(15-34)13-22(24)26(30,31)32;1-2/h9-10,12-17,33H,5-8,11H2,1-4H3;1-2H3. The lowest BCUT2D eigenvalue weighted by Crippen LogP contribution is -2.15. The van der Waals surface area contributed by atoms with E-state index in [-0.39, 0.29) is 18.0 Å². The summed E-state index contributed by atoms with van der Waals surface area (Å²) < 4.78 is 87.3. The van der Waals surface area contributed by atoms with Gasteiger partial charge in [-0.25, -0.2) is 0 Å². The van der Waals surface area contributed by atoms with Crippen LogP contribution >= 0.6 is 0 Å². The van der Waals surface area contributed by atoms with Crippen LogP contribution in [0.4, 0.5) is 32.0 Å². The number of alkyl halides is 6. The summed E-state index contributed by atoms with van der Waals surface area (Å²) in [6.45, 7) is 10.2. The Labute approximate surface area is 215 Å². The number of anilines is 1. The second-order valence-electron chi connectivity index (χ2n) is 8.71. The Bertz CT molecular complexity index is 966. The SMILES string of the molecule is CC.CCCCC(CC)CC(C)c1cc(Oc2c(C(F)(F)F)cc(C=O)cc2C(F)(F)F)ccc1NC. The van der Waals surface area contributed by atoms with Crippen LogP contribution in [0, 0.1) is 5.92 Å². The van der Waals surface area contributed by atoms with E-state index in [1.807, 2.05) is 20.8 Å². The molecule has 2 unspecified atom stereocenters. The van der Waals surface area contributed by atoms with Crippen LogP contribution < -0.4 is 10.1 Å². The molecule has 0 amide bonds. The molecule has 9 heteroatoms. The lowest BCUT2D eigenvalue weighted by molar-refractivity contribution is -0.145. The molecule has 0 spiro atoms. The van der Waals surface area contributed by atoms with Crippen LogP contribution in [0.5, 0.6) is 11.5 Å². The van der Waals surface area contributed by atoms with Gasteiger partial charge in [0.2, 0.25) is 0 Å². The highest BCUT2D eigenvalue weighted by Gasteiger charge is 2.43. The molecule has 0 bridgehead atoms. The van der Waals surface area contributed by atoms with E-state index in [1.54, 1.807) is 13.1 Å². The van der Waals surface area contributed by atoms with Crippen molar-refractivity contribution in [2.45, 2.75) is 85.0 Å². The molecule has 0 aliphatic rings. The highest BCUT2D eigenvalue weighted by Crippen LogP contribution is 2.47. The van der Waals surface area contributed by atoms with Gasteiger partial charge in [-0.3, -0.25) is 4.79 Å². The van der Waals surface area contributed by atoms with Gasteiger partial charge in [-0.15, -0.1) is 0 Å². The van der Waals surface area contributed by atoms with Crippen LogP contribution in [0.25, 0.3) is 0 Å². The summed E-state index contributed by atoms with van der Waals surface area (Å²) >= 11 is 0. The Hall–Kier alpha value is -2.71. The van der Waals surface area contributed by atoms with Gasteiger partial charge in [-0.1, -0.05) is 60.3 Å². The molecule has 3 nitrogen and oxygen atoms in total. The average Bonchev–Trinajstić information content (AvgIpc) is 2.86. The quantitative estimate of drug-likeness (QED) is 0.231. The molecular weight excluding hydrogens is 496 g/mol. The fourth-order valence-electron chi connectivity index (χ4n) is 4.22. The molecule has 37 heavy (non-hydrogen) atoms. The third-order valence-corrected chi connectivity index (χ3v) is 6.13. The van der Waals surface area contributed by atoms with Crippen LogP contribution in [0.15, 0.2) is 30.3 Å².